The largest absolute Gasteiger partial charge is 0.332 e. The van der Waals surface area contributed by atoms with E-state index in [1.807, 2.05) is 26.0 Å². The monoisotopic (exact) mass is 337 g/mol. The zero-order valence-corrected chi connectivity index (χ0v) is 14.4. The van der Waals surface area contributed by atoms with Crippen molar-refractivity contribution in [2.45, 2.75) is 26.8 Å². The van der Waals surface area contributed by atoms with Crippen molar-refractivity contribution in [3.05, 3.63) is 74.8 Å². The van der Waals surface area contributed by atoms with Crippen LogP contribution in [0, 0.1) is 28.4 Å². The van der Waals surface area contributed by atoms with Crippen molar-refractivity contribution in [2.24, 2.45) is 0 Å². The number of amides is 1. The highest BCUT2D eigenvalue weighted by Crippen LogP contribution is 2.25. The minimum absolute atomic E-state index is 0.000241. The number of nitriles is 1. The third-order valence-corrected chi connectivity index (χ3v) is 4.23. The Morgan fingerprint density at radius 2 is 1.92 bits per heavy atom. The van der Waals surface area contributed by atoms with Crippen LogP contribution < -0.4 is 0 Å². The summed E-state index contributed by atoms with van der Waals surface area (Å²) in [5.41, 5.74) is 2.37. The molecule has 6 heteroatoms. The summed E-state index contributed by atoms with van der Waals surface area (Å²) in [6, 6.07) is 13.4. The molecule has 0 aliphatic heterocycles. The second kappa shape index (κ2) is 7.58. The fourth-order valence-corrected chi connectivity index (χ4v) is 2.77. The first-order valence-corrected chi connectivity index (χ1v) is 7.95. The van der Waals surface area contributed by atoms with Crippen LogP contribution in [-0.2, 0) is 0 Å². The summed E-state index contributed by atoms with van der Waals surface area (Å²) in [5.74, 6) is -0.183. The highest BCUT2D eigenvalue weighted by atomic mass is 16.6. The van der Waals surface area contributed by atoms with Gasteiger partial charge in [-0.3, -0.25) is 14.9 Å². The standard InChI is InChI=1S/C19H19N3O3/c1-4-21(14(3)16-7-5-15(12-20)6-8-16)19(23)17-9-10-18(22(24)25)13(2)11-17/h5-11,14H,4H2,1-3H3. The third kappa shape index (κ3) is 3.83. The molecule has 0 saturated heterocycles. The molecule has 0 bridgehead atoms. The molecule has 0 heterocycles. The lowest BCUT2D eigenvalue weighted by Crippen LogP contribution is -2.33. The van der Waals surface area contributed by atoms with Crippen molar-refractivity contribution >= 4 is 11.6 Å². The molecule has 2 aromatic carbocycles. The van der Waals surface area contributed by atoms with E-state index in [4.69, 9.17) is 5.26 Å². The van der Waals surface area contributed by atoms with Gasteiger partial charge in [0.25, 0.3) is 11.6 Å². The summed E-state index contributed by atoms with van der Waals surface area (Å²) in [5, 5.41) is 19.8. The molecule has 1 unspecified atom stereocenters. The summed E-state index contributed by atoms with van der Waals surface area (Å²) in [6.45, 7) is 5.92. The van der Waals surface area contributed by atoms with Crippen LogP contribution in [0.15, 0.2) is 42.5 Å². The van der Waals surface area contributed by atoms with Crippen molar-refractivity contribution in [3.63, 3.8) is 0 Å². The van der Waals surface area contributed by atoms with Gasteiger partial charge in [0, 0.05) is 23.7 Å². The number of hydrogen-bond acceptors (Lipinski definition) is 4. The molecule has 2 aromatic rings. The number of hydrogen-bond donors (Lipinski definition) is 0. The number of carbonyl (C=O) groups excluding carboxylic acids is 1. The Balaban J connectivity index is 2.29. The molecule has 0 saturated carbocycles. The van der Waals surface area contributed by atoms with Gasteiger partial charge >= 0.3 is 0 Å². The fraction of sp³-hybridized carbons (Fsp3) is 0.263. The smallest absolute Gasteiger partial charge is 0.272 e. The topological polar surface area (TPSA) is 87.2 Å². The average Bonchev–Trinajstić information content (AvgIpc) is 2.61. The second-order valence-electron chi connectivity index (χ2n) is 5.76. The Kier molecular flexibility index (Phi) is 5.50. The van der Waals surface area contributed by atoms with E-state index in [9.17, 15) is 14.9 Å². The molecule has 0 fully saturated rings. The number of aryl methyl sites for hydroxylation is 1. The van der Waals surface area contributed by atoms with Crippen LogP contribution in [0.4, 0.5) is 5.69 Å². The van der Waals surface area contributed by atoms with E-state index in [-0.39, 0.29) is 17.6 Å². The average molecular weight is 337 g/mol. The highest BCUT2D eigenvalue weighted by molar-refractivity contribution is 5.95. The number of rotatable bonds is 5. The van der Waals surface area contributed by atoms with Crippen LogP contribution in [0.5, 0.6) is 0 Å². The molecule has 1 atom stereocenters. The Morgan fingerprint density at radius 1 is 1.28 bits per heavy atom. The number of nitro benzene ring substituents is 1. The zero-order valence-electron chi connectivity index (χ0n) is 14.4. The van der Waals surface area contributed by atoms with E-state index >= 15 is 0 Å². The van der Waals surface area contributed by atoms with Gasteiger partial charge in [-0.15, -0.1) is 0 Å². The van der Waals surface area contributed by atoms with Crippen molar-refractivity contribution in [1.29, 1.82) is 5.26 Å². The SMILES string of the molecule is CCN(C(=O)c1ccc([N+](=O)[O-])c(C)c1)C(C)c1ccc(C#N)cc1. The zero-order chi connectivity index (χ0) is 18.6. The van der Waals surface area contributed by atoms with Crippen molar-refractivity contribution < 1.29 is 9.72 Å². The predicted octanol–water partition coefficient (Wildman–Crippen LogP) is 4.00. The predicted molar refractivity (Wildman–Crippen MR) is 94.1 cm³/mol. The van der Waals surface area contributed by atoms with Gasteiger partial charge in [0.15, 0.2) is 0 Å². The molecule has 6 nitrogen and oxygen atoms in total. The molecule has 0 N–H and O–H groups in total. The molecular formula is C19H19N3O3. The van der Waals surface area contributed by atoms with Gasteiger partial charge in [-0.2, -0.15) is 5.26 Å². The Morgan fingerprint density at radius 3 is 2.40 bits per heavy atom. The van der Waals surface area contributed by atoms with E-state index in [1.165, 1.54) is 12.1 Å². The maximum atomic E-state index is 12.9. The molecule has 1 amide bonds. The molecule has 25 heavy (non-hydrogen) atoms. The van der Waals surface area contributed by atoms with Gasteiger partial charge in [-0.1, -0.05) is 12.1 Å². The number of nitrogens with zero attached hydrogens (tertiary/aromatic N) is 3. The molecule has 128 valence electrons. The first-order chi connectivity index (χ1) is 11.9. The molecule has 0 aromatic heterocycles. The number of nitro groups is 1. The second-order valence-corrected chi connectivity index (χ2v) is 5.76. The van der Waals surface area contributed by atoms with Gasteiger partial charge < -0.3 is 4.90 Å². The van der Waals surface area contributed by atoms with Crippen LogP contribution in [0.3, 0.4) is 0 Å². The third-order valence-electron chi connectivity index (χ3n) is 4.23. The van der Waals surface area contributed by atoms with Crippen molar-refractivity contribution in [1.82, 2.24) is 4.90 Å². The summed E-state index contributed by atoms with van der Waals surface area (Å²) < 4.78 is 0. The molecule has 0 radical (unpaired) electrons. The normalized spacial score (nSPS) is 11.4. The van der Waals surface area contributed by atoms with E-state index in [2.05, 4.69) is 6.07 Å². The quantitative estimate of drug-likeness (QED) is 0.609. The van der Waals surface area contributed by atoms with Gasteiger partial charge in [0.2, 0.25) is 0 Å². The van der Waals surface area contributed by atoms with Crippen LogP contribution in [-0.4, -0.2) is 22.3 Å². The van der Waals surface area contributed by atoms with E-state index < -0.39 is 4.92 Å². The minimum atomic E-state index is -0.458. The van der Waals surface area contributed by atoms with Crippen LogP contribution in [0.2, 0.25) is 0 Å². The maximum Gasteiger partial charge on any atom is 0.272 e. The van der Waals surface area contributed by atoms with Gasteiger partial charge in [-0.25, -0.2) is 0 Å². The molecule has 0 aliphatic rings. The minimum Gasteiger partial charge on any atom is -0.332 e. The molecule has 0 aliphatic carbocycles. The Hall–Kier alpha value is -3.20. The maximum absolute atomic E-state index is 12.9. The molecule has 2 rings (SSSR count). The van der Waals surface area contributed by atoms with Gasteiger partial charge in [-0.05, 0) is 50.6 Å². The first-order valence-electron chi connectivity index (χ1n) is 7.95. The van der Waals surface area contributed by atoms with Crippen LogP contribution >= 0.6 is 0 Å². The lowest BCUT2D eigenvalue weighted by Gasteiger charge is -2.28. The summed E-state index contributed by atoms with van der Waals surface area (Å²) in [4.78, 5) is 25.0. The van der Waals surface area contributed by atoms with E-state index in [1.54, 1.807) is 30.0 Å². The van der Waals surface area contributed by atoms with Gasteiger partial charge in [0.1, 0.15) is 0 Å². The summed E-state index contributed by atoms with van der Waals surface area (Å²) in [6.07, 6.45) is 0. The van der Waals surface area contributed by atoms with E-state index in [0.29, 0.717) is 23.2 Å². The van der Waals surface area contributed by atoms with E-state index in [0.717, 1.165) is 5.56 Å². The highest BCUT2D eigenvalue weighted by Gasteiger charge is 2.23. The van der Waals surface area contributed by atoms with Crippen molar-refractivity contribution in [3.8, 4) is 6.07 Å². The Labute approximate surface area is 146 Å². The van der Waals surface area contributed by atoms with Crippen LogP contribution in [0.25, 0.3) is 0 Å². The van der Waals surface area contributed by atoms with Crippen LogP contribution in [0.1, 0.15) is 46.9 Å². The Bertz CT molecular complexity index is 838. The molecule has 0 spiro atoms. The summed E-state index contributed by atoms with van der Waals surface area (Å²) >= 11 is 0. The van der Waals surface area contributed by atoms with Gasteiger partial charge in [0.05, 0.1) is 22.6 Å². The summed E-state index contributed by atoms with van der Waals surface area (Å²) in [7, 11) is 0. The number of benzene rings is 2. The fourth-order valence-electron chi connectivity index (χ4n) is 2.77. The lowest BCUT2D eigenvalue weighted by atomic mass is 10.0. The van der Waals surface area contributed by atoms with Crippen molar-refractivity contribution in [2.75, 3.05) is 6.54 Å². The lowest BCUT2D eigenvalue weighted by molar-refractivity contribution is -0.385. The molecular weight excluding hydrogens is 318 g/mol. The number of carbonyl (C=O) groups is 1. The first kappa shape index (κ1) is 18.1.